The van der Waals surface area contributed by atoms with Gasteiger partial charge in [-0.3, -0.25) is 0 Å². The van der Waals surface area contributed by atoms with E-state index >= 15 is 0 Å². The molecule has 102 valence electrons. The van der Waals surface area contributed by atoms with E-state index in [0.717, 1.165) is 25.8 Å². The van der Waals surface area contributed by atoms with Crippen LogP contribution < -0.4 is 4.90 Å². The van der Waals surface area contributed by atoms with Gasteiger partial charge < -0.3 is 19.3 Å². The molecular weight excluding hydrogens is 232 g/mol. The number of aliphatic hydroxyl groups is 1. The first-order chi connectivity index (χ1) is 8.52. The summed E-state index contributed by atoms with van der Waals surface area (Å²) in [6.45, 7) is 4.05. The van der Waals surface area contributed by atoms with Crippen LogP contribution in [0.5, 0.6) is 0 Å². The maximum Gasteiger partial charge on any atom is 0.318 e. The van der Waals surface area contributed by atoms with E-state index in [0.29, 0.717) is 25.0 Å². The Hall–Kier alpha value is -1.14. The second kappa shape index (κ2) is 5.24. The zero-order valence-electron chi connectivity index (χ0n) is 11.4. The monoisotopic (exact) mass is 254 g/mol. The summed E-state index contributed by atoms with van der Waals surface area (Å²) < 4.78 is 5.59. The van der Waals surface area contributed by atoms with Crippen LogP contribution in [0.3, 0.4) is 0 Å². The minimum atomic E-state index is -0.678. The Morgan fingerprint density at radius 1 is 1.44 bits per heavy atom. The van der Waals surface area contributed by atoms with E-state index in [2.05, 4.69) is 17.1 Å². The SMILES string of the molecule is CCCc1nnc(N2CCC(O)(CN(C)C)C2)o1. The Balaban J connectivity index is 1.99. The van der Waals surface area contributed by atoms with Gasteiger partial charge in [-0.2, -0.15) is 0 Å². The Morgan fingerprint density at radius 3 is 2.89 bits per heavy atom. The summed E-state index contributed by atoms with van der Waals surface area (Å²) in [5.74, 6) is 0.676. The smallest absolute Gasteiger partial charge is 0.318 e. The van der Waals surface area contributed by atoms with Crippen molar-refractivity contribution in [3.05, 3.63) is 5.89 Å². The molecule has 6 nitrogen and oxygen atoms in total. The van der Waals surface area contributed by atoms with Crippen molar-refractivity contribution in [3.8, 4) is 0 Å². The Morgan fingerprint density at radius 2 is 2.22 bits per heavy atom. The molecule has 1 fully saturated rings. The molecular formula is C12H22N4O2. The highest BCUT2D eigenvalue weighted by atomic mass is 16.4. The lowest BCUT2D eigenvalue weighted by Crippen LogP contribution is -2.42. The van der Waals surface area contributed by atoms with Crippen LogP contribution in [-0.4, -0.2) is 59.5 Å². The highest BCUT2D eigenvalue weighted by molar-refractivity contribution is 5.29. The molecule has 1 aliphatic rings. The summed E-state index contributed by atoms with van der Waals surface area (Å²) in [7, 11) is 3.93. The molecule has 0 radical (unpaired) electrons. The normalized spacial score (nSPS) is 24.2. The van der Waals surface area contributed by atoms with E-state index in [-0.39, 0.29) is 0 Å². The fourth-order valence-electron chi connectivity index (χ4n) is 2.42. The van der Waals surface area contributed by atoms with Gasteiger partial charge in [-0.1, -0.05) is 12.0 Å². The predicted molar refractivity (Wildman–Crippen MR) is 68.6 cm³/mol. The summed E-state index contributed by atoms with van der Waals surface area (Å²) in [5.41, 5.74) is -0.678. The van der Waals surface area contributed by atoms with Gasteiger partial charge in [-0.25, -0.2) is 0 Å². The van der Waals surface area contributed by atoms with Crippen molar-refractivity contribution < 1.29 is 9.52 Å². The van der Waals surface area contributed by atoms with Gasteiger partial charge >= 0.3 is 6.01 Å². The van der Waals surface area contributed by atoms with Crippen LogP contribution in [0.2, 0.25) is 0 Å². The molecule has 6 heteroatoms. The summed E-state index contributed by atoms with van der Waals surface area (Å²) in [4.78, 5) is 3.97. The zero-order valence-corrected chi connectivity index (χ0v) is 11.4. The average Bonchev–Trinajstić information content (AvgIpc) is 2.85. The molecule has 18 heavy (non-hydrogen) atoms. The van der Waals surface area contributed by atoms with Crippen LogP contribution >= 0.6 is 0 Å². The van der Waals surface area contributed by atoms with Crippen molar-refractivity contribution in [3.63, 3.8) is 0 Å². The van der Waals surface area contributed by atoms with Gasteiger partial charge in [0.05, 0.1) is 12.1 Å². The molecule has 0 aliphatic carbocycles. The van der Waals surface area contributed by atoms with Crippen molar-refractivity contribution in [1.82, 2.24) is 15.1 Å². The molecule has 0 aromatic carbocycles. The fraction of sp³-hybridized carbons (Fsp3) is 0.833. The lowest BCUT2D eigenvalue weighted by atomic mass is 10.0. The highest BCUT2D eigenvalue weighted by Crippen LogP contribution is 2.26. The Bertz CT molecular complexity index is 393. The summed E-state index contributed by atoms with van der Waals surface area (Å²) in [5, 5.41) is 18.5. The number of hydrogen-bond acceptors (Lipinski definition) is 6. The van der Waals surface area contributed by atoms with Gasteiger partial charge in [0.15, 0.2) is 0 Å². The van der Waals surface area contributed by atoms with Crippen molar-refractivity contribution >= 4 is 6.01 Å². The minimum Gasteiger partial charge on any atom is -0.408 e. The molecule has 1 aliphatic heterocycles. The van der Waals surface area contributed by atoms with E-state index in [1.165, 1.54) is 0 Å². The van der Waals surface area contributed by atoms with E-state index in [4.69, 9.17) is 4.42 Å². The van der Waals surface area contributed by atoms with Crippen LogP contribution in [-0.2, 0) is 6.42 Å². The number of β-amino-alcohol motifs (C(OH)–C–C–N with tert-alkyl or cyclic N) is 1. The second-order valence-corrected chi connectivity index (χ2v) is 5.36. The third-order valence-electron chi connectivity index (χ3n) is 3.13. The van der Waals surface area contributed by atoms with Crippen LogP contribution in [0.25, 0.3) is 0 Å². The zero-order chi connectivity index (χ0) is 13.2. The highest BCUT2D eigenvalue weighted by Gasteiger charge is 2.38. The first-order valence-corrected chi connectivity index (χ1v) is 6.47. The molecule has 0 amide bonds. The lowest BCUT2D eigenvalue weighted by Gasteiger charge is -2.26. The van der Waals surface area contributed by atoms with Gasteiger partial charge in [0, 0.05) is 19.5 Å². The molecule has 2 heterocycles. The predicted octanol–water partition coefficient (Wildman–Crippen LogP) is 0.525. The van der Waals surface area contributed by atoms with Gasteiger partial charge in [0.25, 0.3) is 0 Å². The molecule has 1 atom stereocenters. The largest absolute Gasteiger partial charge is 0.408 e. The minimum absolute atomic E-state index is 0.535. The first kappa shape index (κ1) is 13.3. The number of aromatic nitrogens is 2. The standard InChI is InChI=1S/C12H22N4O2/c1-4-5-10-13-14-11(18-10)16-7-6-12(17,9-16)8-15(2)3/h17H,4-9H2,1-3H3. The van der Waals surface area contributed by atoms with Gasteiger partial charge in [0.1, 0.15) is 0 Å². The molecule has 0 saturated carbocycles. The van der Waals surface area contributed by atoms with Crippen molar-refractivity contribution in [2.75, 3.05) is 38.6 Å². The van der Waals surface area contributed by atoms with E-state index < -0.39 is 5.60 Å². The molecule has 1 aromatic rings. The van der Waals surface area contributed by atoms with E-state index in [1.54, 1.807) is 0 Å². The molecule has 2 rings (SSSR count). The third kappa shape index (κ3) is 3.00. The van der Waals surface area contributed by atoms with Crippen molar-refractivity contribution in [2.24, 2.45) is 0 Å². The Kier molecular flexibility index (Phi) is 3.87. The molecule has 1 N–H and O–H groups in total. The van der Waals surface area contributed by atoms with Crippen LogP contribution in [0.1, 0.15) is 25.7 Å². The number of likely N-dealkylation sites (N-methyl/N-ethyl adjacent to an activating group) is 1. The quantitative estimate of drug-likeness (QED) is 0.826. The first-order valence-electron chi connectivity index (χ1n) is 6.47. The third-order valence-corrected chi connectivity index (χ3v) is 3.13. The molecule has 1 aromatic heterocycles. The summed E-state index contributed by atoms with van der Waals surface area (Å²) in [6, 6.07) is 0.535. The number of aryl methyl sites for hydroxylation is 1. The van der Waals surface area contributed by atoms with Crippen molar-refractivity contribution in [1.29, 1.82) is 0 Å². The second-order valence-electron chi connectivity index (χ2n) is 5.36. The number of anilines is 1. The van der Waals surface area contributed by atoms with Crippen LogP contribution in [0.4, 0.5) is 6.01 Å². The maximum absolute atomic E-state index is 10.4. The molecule has 0 spiro atoms. The summed E-state index contributed by atoms with van der Waals surface area (Å²) in [6.07, 6.45) is 2.53. The van der Waals surface area contributed by atoms with Gasteiger partial charge in [0.2, 0.25) is 5.89 Å². The number of rotatable bonds is 5. The lowest BCUT2D eigenvalue weighted by molar-refractivity contribution is 0.0363. The van der Waals surface area contributed by atoms with E-state index in [1.807, 2.05) is 23.9 Å². The van der Waals surface area contributed by atoms with Gasteiger partial charge in [-0.05, 0) is 26.9 Å². The molecule has 1 saturated heterocycles. The van der Waals surface area contributed by atoms with E-state index in [9.17, 15) is 5.11 Å². The van der Waals surface area contributed by atoms with Gasteiger partial charge in [-0.15, -0.1) is 5.10 Å². The molecule has 1 unspecified atom stereocenters. The molecule has 0 bridgehead atoms. The Labute approximate surface area is 108 Å². The van der Waals surface area contributed by atoms with Crippen LogP contribution in [0.15, 0.2) is 4.42 Å². The average molecular weight is 254 g/mol. The topological polar surface area (TPSA) is 65.6 Å². The number of hydrogen-bond donors (Lipinski definition) is 1. The summed E-state index contributed by atoms with van der Waals surface area (Å²) >= 11 is 0. The van der Waals surface area contributed by atoms with Crippen molar-refractivity contribution in [2.45, 2.75) is 31.8 Å². The van der Waals surface area contributed by atoms with Crippen LogP contribution in [0, 0.1) is 0 Å². The maximum atomic E-state index is 10.4. The fourth-order valence-corrected chi connectivity index (χ4v) is 2.42. The number of nitrogens with zero attached hydrogens (tertiary/aromatic N) is 4.